The van der Waals surface area contributed by atoms with Crippen LogP contribution in [0.25, 0.3) is 0 Å². The van der Waals surface area contributed by atoms with E-state index in [9.17, 15) is 17.6 Å². The fraction of sp³-hybridized carbons (Fsp3) is 0.0952. The van der Waals surface area contributed by atoms with Crippen molar-refractivity contribution in [1.29, 1.82) is 0 Å². The molecule has 2 N–H and O–H groups in total. The van der Waals surface area contributed by atoms with Crippen LogP contribution in [0, 0.1) is 23.3 Å². The number of rotatable bonds is 6. The summed E-state index contributed by atoms with van der Waals surface area (Å²) in [5, 5.41) is 15.3. The Hall–Kier alpha value is -3.15. The number of benzene rings is 2. The predicted molar refractivity (Wildman–Crippen MR) is 125 cm³/mol. The van der Waals surface area contributed by atoms with Crippen molar-refractivity contribution in [2.45, 2.75) is 13.1 Å². The van der Waals surface area contributed by atoms with Gasteiger partial charge in [0.25, 0.3) is 0 Å². The van der Waals surface area contributed by atoms with E-state index in [0.717, 1.165) is 10.2 Å². The molecule has 176 valence electrons. The van der Waals surface area contributed by atoms with E-state index in [1.165, 1.54) is 12.3 Å². The smallest absolute Gasteiger partial charge is 0.176 e. The number of thiocarbonyl (C=S) groups is 1. The topological polar surface area (TPSA) is 59.7 Å². The third-order valence-corrected chi connectivity index (χ3v) is 5.43. The lowest BCUT2D eigenvalue weighted by molar-refractivity contribution is 0.431. The summed E-state index contributed by atoms with van der Waals surface area (Å²) < 4.78 is 57.3. The Kier molecular flexibility index (Phi) is 7.05. The second kappa shape index (κ2) is 10.00. The van der Waals surface area contributed by atoms with E-state index in [2.05, 4.69) is 20.8 Å². The van der Waals surface area contributed by atoms with E-state index >= 15 is 0 Å². The molecule has 0 radical (unpaired) electrons. The maximum atomic E-state index is 13.9. The lowest BCUT2D eigenvalue weighted by atomic mass is 10.2. The van der Waals surface area contributed by atoms with E-state index in [-0.39, 0.29) is 17.0 Å². The molecule has 0 spiro atoms. The number of hydrogen-bond donors (Lipinski definition) is 2. The third-order valence-electron chi connectivity index (χ3n) is 4.64. The molecular formula is C21H14Cl2F4N6S. The minimum atomic E-state index is -1.48. The van der Waals surface area contributed by atoms with Gasteiger partial charge in [-0.15, -0.1) is 0 Å². The van der Waals surface area contributed by atoms with Gasteiger partial charge in [0.05, 0.1) is 30.5 Å². The molecule has 0 saturated carbocycles. The first-order valence-electron chi connectivity index (χ1n) is 9.59. The van der Waals surface area contributed by atoms with E-state index < -0.39 is 35.4 Å². The van der Waals surface area contributed by atoms with Crippen LogP contribution in [0.1, 0.15) is 11.1 Å². The Morgan fingerprint density at radius 2 is 1.68 bits per heavy atom. The van der Waals surface area contributed by atoms with Gasteiger partial charge in [-0.2, -0.15) is 10.2 Å². The zero-order valence-corrected chi connectivity index (χ0v) is 19.3. The highest BCUT2D eigenvalue weighted by Crippen LogP contribution is 2.22. The van der Waals surface area contributed by atoms with Crippen LogP contribution in [0.5, 0.6) is 0 Å². The summed E-state index contributed by atoms with van der Waals surface area (Å²) >= 11 is 17.3. The molecule has 0 fully saturated rings. The first-order valence-corrected chi connectivity index (χ1v) is 10.8. The first kappa shape index (κ1) is 24.0. The highest BCUT2D eigenvalue weighted by molar-refractivity contribution is 7.80. The molecule has 0 aliphatic heterocycles. The highest BCUT2D eigenvalue weighted by Gasteiger charge is 2.19. The number of nitrogens with one attached hydrogen (secondary N) is 2. The summed E-state index contributed by atoms with van der Waals surface area (Å²) in [7, 11) is 0. The van der Waals surface area contributed by atoms with E-state index in [1.54, 1.807) is 35.3 Å². The SMILES string of the molecule is Fc1cc(F)c(F)c(Cn2ccc(NC(=S)Nc3cnn(Cc4ccc(Cl)cc4Cl)c3)n2)c1F. The molecule has 34 heavy (non-hydrogen) atoms. The summed E-state index contributed by atoms with van der Waals surface area (Å²) in [5.41, 5.74) is 0.639. The molecule has 4 rings (SSSR count). The van der Waals surface area contributed by atoms with Gasteiger partial charge in [-0.3, -0.25) is 9.36 Å². The molecule has 0 saturated heterocycles. The largest absolute Gasteiger partial charge is 0.330 e. The van der Waals surface area contributed by atoms with Crippen molar-refractivity contribution in [2.75, 3.05) is 10.6 Å². The Bertz CT molecular complexity index is 1350. The van der Waals surface area contributed by atoms with E-state index in [1.807, 2.05) is 0 Å². The summed E-state index contributed by atoms with van der Waals surface area (Å²) in [6.07, 6.45) is 4.64. The quantitative estimate of drug-likeness (QED) is 0.187. The molecule has 0 aliphatic carbocycles. The predicted octanol–water partition coefficient (Wildman–Crippen LogP) is 5.85. The molecular weight excluding hydrogens is 515 g/mol. The Labute approximate surface area is 206 Å². The van der Waals surface area contributed by atoms with Crippen LogP contribution in [0.2, 0.25) is 10.0 Å². The molecule has 0 bridgehead atoms. The Morgan fingerprint density at radius 3 is 2.38 bits per heavy atom. The maximum Gasteiger partial charge on any atom is 0.176 e. The summed E-state index contributed by atoms with van der Waals surface area (Å²) in [6.45, 7) is -0.107. The monoisotopic (exact) mass is 528 g/mol. The molecule has 13 heteroatoms. The van der Waals surface area contributed by atoms with Crippen LogP contribution in [0.15, 0.2) is 48.9 Å². The van der Waals surface area contributed by atoms with Crippen LogP contribution in [0.3, 0.4) is 0 Å². The molecule has 2 aromatic heterocycles. The standard InChI is InChI=1S/C21H14Cl2F4N6S/c22-12-2-1-11(15(23)5-12)8-33-9-13(7-28-33)29-21(34)30-18-3-4-32(31-18)10-14-19(26)16(24)6-17(25)20(14)27/h1-7,9H,8,10H2,(H2,29,30,31,34). The van der Waals surface area contributed by atoms with Gasteiger partial charge in [0, 0.05) is 34.6 Å². The maximum absolute atomic E-state index is 13.9. The summed E-state index contributed by atoms with van der Waals surface area (Å²) in [5.74, 6) is -5.67. The van der Waals surface area contributed by atoms with Gasteiger partial charge in [0.1, 0.15) is 0 Å². The van der Waals surface area contributed by atoms with Crippen LogP contribution in [-0.4, -0.2) is 24.7 Å². The fourth-order valence-corrected chi connectivity index (χ4v) is 3.75. The van der Waals surface area contributed by atoms with Crippen LogP contribution >= 0.6 is 35.4 Å². The average molecular weight is 529 g/mol. The zero-order valence-electron chi connectivity index (χ0n) is 17.0. The Morgan fingerprint density at radius 1 is 0.941 bits per heavy atom. The second-order valence-electron chi connectivity index (χ2n) is 7.09. The number of anilines is 2. The van der Waals surface area contributed by atoms with Gasteiger partial charge >= 0.3 is 0 Å². The summed E-state index contributed by atoms with van der Waals surface area (Å²) in [4.78, 5) is 0. The summed E-state index contributed by atoms with van der Waals surface area (Å²) in [6, 6.07) is 6.81. The lowest BCUT2D eigenvalue weighted by Crippen LogP contribution is -2.19. The zero-order chi connectivity index (χ0) is 24.4. The molecule has 4 aromatic rings. The van der Waals surface area contributed by atoms with Crippen LogP contribution in [-0.2, 0) is 13.1 Å². The van der Waals surface area contributed by atoms with Crippen molar-refractivity contribution in [3.63, 3.8) is 0 Å². The molecule has 2 aromatic carbocycles. The average Bonchev–Trinajstić information content (AvgIpc) is 3.41. The minimum absolute atomic E-state index is 0.153. The Balaban J connectivity index is 1.37. The third kappa shape index (κ3) is 5.49. The molecule has 0 aliphatic rings. The van der Waals surface area contributed by atoms with Gasteiger partial charge in [-0.25, -0.2) is 17.6 Å². The first-order chi connectivity index (χ1) is 16.2. The van der Waals surface area contributed by atoms with Crippen LogP contribution in [0.4, 0.5) is 29.1 Å². The van der Waals surface area contributed by atoms with Crippen LogP contribution < -0.4 is 10.6 Å². The van der Waals surface area contributed by atoms with Crippen molar-refractivity contribution in [1.82, 2.24) is 19.6 Å². The number of halogens is 6. The molecule has 0 amide bonds. The second-order valence-corrected chi connectivity index (χ2v) is 8.34. The van der Waals surface area contributed by atoms with Crippen molar-refractivity contribution < 1.29 is 17.6 Å². The van der Waals surface area contributed by atoms with Crippen molar-refractivity contribution in [3.8, 4) is 0 Å². The minimum Gasteiger partial charge on any atom is -0.330 e. The van der Waals surface area contributed by atoms with Gasteiger partial charge in [0.15, 0.2) is 34.2 Å². The molecule has 0 unspecified atom stereocenters. The molecule has 2 heterocycles. The van der Waals surface area contributed by atoms with Gasteiger partial charge in [0.2, 0.25) is 0 Å². The van der Waals surface area contributed by atoms with E-state index in [4.69, 9.17) is 35.4 Å². The van der Waals surface area contributed by atoms with Crippen molar-refractivity contribution in [2.24, 2.45) is 0 Å². The van der Waals surface area contributed by atoms with Crippen molar-refractivity contribution in [3.05, 3.63) is 93.4 Å². The normalized spacial score (nSPS) is 11.0. The fourth-order valence-electron chi connectivity index (χ4n) is 3.06. The number of aromatic nitrogens is 4. The van der Waals surface area contributed by atoms with Crippen molar-refractivity contribution >= 4 is 52.0 Å². The molecule has 6 nitrogen and oxygen atoms in total. The lowest BCUT2D eigenvalue weighted by Gasteiger charge is -2.08. The van der Waals surface area contributed by atoms with Gasteiger partial charge in [-0.1, -0.05) is 29.3 Å². The highest BCUT2D eigenvalue weighted by atomic mass is 35.5. The van der Waals surface area contributed by atoms with Gasteiger partial charge < -0.3 is 10.6 Å². The van der Waals surface area contributed by atoms with Gasteiger partial charge in [-0.05, 0) is 29.9 Å². The number of hydrogen-bond acceptors (Lipinski definition) is 3. The van der Waals surface area contributed by atoms with E-state index in [0.29, 0.717) is 22.3 Å². The molecule has 0 atom stereocenters. The number of nitrogens with zero attached hydrogens (tertiary/aromatic N) is 4.